The average molecular weight is 419 g/mol. The molecule has 0 saturated heterocycles. The van der Waals surface area contributed by atoms with Crippen molar-refractivity contribution in [1.29, 1.82) is 0 Å². The first-order valence-corrected chi connectivity index (χ1v) is 9.08. The number of methoxy groups -OCH3 is 1. The van der Waals surface area contributed by atoms with Crippen molar-refractivity contribution in [2.75, 3.05) is 14.2 Å². The van der Waals surface area contributed by atoms with Crippen LogP contribution in [0.3, 0.4) is 0 Å². The second-order valence-corrected chi connectivity index (χ2v) is 6.99. The van der Waals surface area contributed by atoms with E-state index >= 15 is 0 Å². The van der Waals surface area contributed by atoms with E-state index in [-0.39, 0.29) is 24.3 Å². The molecule has 0 fully saturated rings. The molecule has 26 heavy (non-hydrogen) atoms. The molecule has 2 amide bonds. The van der Waals surface area contributed by atoms with E-state index in [2.05, 4.69) is 21.2 Å². The Morgan fingerprint density at radius 3 is 2.50 bits per heavy atom. The first-order chi connectivity index (χ1) is 12.4. The minimum absolute atomic E-state index is 0.0605. The SMILES string of the molecule is COc1ccc(Br)cc1CN(C)C(=O)CC(NC(C)=O)c1ccccc1. The summed E-state index contributed by atoms with van der Waals surface area (Å²) in [5, 5.41) is 2.86. The molecule has 0 aliphatic heterocycles. The van der Waals surface area contributed by atoms with E-state index in [1.165, 1.54) is 6.92 Å². The zero-order valence-electron chi connectivity index (χ0n) is 15.2. The predicted octanol–water partition coefficient (Wildman–Crippen LogP) is 3.68. The lowest BCUT2D eigenvalue weighted by Crippen LogP contribution is -2.33. The summed E-state index contributed by atoms with van der Waals surface area (Å²) in [5.41, 5.74) is 1.82. The van der Waals surface area contributed by atoms with Crippen molar-refractivity contribution in [3.05, 3.63) is 64.1 Å². The van der Waals surface area contributed by atoms with Gasteiger partial charge in [-0.25, -0.2) is 0 Å². The predicted molar refractivity (Wildman–Crippen MR) is 105 cm³/mol. The Kier molecular flexibility index (Phi) is 7.21. The highest BCUT2D eigenvalue weighted by Gasteiger charge is 2.20. The molecule has 0 radical (unpaired) electrons. The summed E-state index contributed by atoms with van der Waals surface area (Å²) in [5.74, 6) is 0.506. The summed E-state index contributed by atoms with van der Waals surface area (Å²) in [6, 6.07) is 14.8. The quantitative estimate of drug-likeness (QED) is 0.745. The van der Waals surface area contributed by atoms with Gasteiger partial charge in [-0.3, -0.25) is 9.59 Å². The van der Waals surface area contributed by atoms with Gasteiger partial charge in [-0.05, 0) is 23.8 Å². The molecule has 6 heteroatoms. The minimum atomic E-state index is -0.354. The van der Waals surface area contributed by atoms with E-state index in [0.29, 0.717) is 6.54 Å². The van der Waals surface area contributed by atoms with Crippen molar-refractivity contribution < 1.29 is 14.3 Å². The first-order valence-electron chi connectivity index (χ1n) is 8.29. The maximum atomic E-state index is 12.7. The summed E-state index contributed by atoms with van der Waals surface area (Å²) < 4.78 is 6.29. The smallest absolute Gasteiger partial charge is 0.225 e. The molecule has 0 saturated carbocycles. The number of hydrogen-bond donors (Lipinski definition) is 1. The molecule has 0 heterocycles. The summed E-state index contributed by atoms with van der Waals surface area (Å²) in [4.78, 5) is 25.9. The minimum Gasteiger partial charge on any atom is -0.496 e. The van der Waals surface area contributed by atoms with Crippen molar-refractivity contribution in [3.8, 4) is 5.75 Å². The van der Waals surface area contributed by atoms with Crippen LogP contribution in [0.5, 0.6) is 5.75 Å². The summed E-state index contributed by atoms with van der Waals surface area (Å²) in [7, 11) is 3.36. The number of nitrogens with one attached hydrogen (secondary N) is 1. The highest BCUT2D eigenvalue weighted by atomic mass is 79.9. The van der Waals surface area contributed by atoms with Crippen molar-refractivity contribution in [2.45, 2.75) is 25.9 Å². The summed E-state index contributed by atoms with van der Waals surface area (Å²) in [6.07, 6.45) is 0.191. The molecule has 0 aliphatic carbocycles. The van der Waals surface area contributed by atoms with Crippen LogP contribution in [-0.4, -0.2) is 30.9 Å². The lowest BCUT2D eigenvalue weighted by atomic mass is 10.0. The second kappa shape index (κ2) is 9.38. The molecule has 1 atom stereocenters. The van der Waals surface area contributed by atoms with E-state index < -0.39 is 0 Å². The molecule has 2 aromatic rings. The number of amides is 2. The monoisotopic (exact) mass is 418 g/mol. The van der Waals surface area contributed by atoms with Gasteiger partial charge in [0.2, 0.25) is 11.8 Å². The number of rotatable bonds is 7. The fourth-order valence-electron chi connectivity index (χ4n) is 2.73. The molecule has 1 unspecified atom stereocenters. The van der Waals surface area contributed by atoms with E-state index in [1.54, 1.807) is 19.1 Å². The molecular weight excluding hydrogens is 396 g/mol. The molecule has 2 aromatic carbocycles. The zero-order valence-corrected chi connectivity index (χ0v) is 16.7. The van der Waals surface area contributed by atoms with Gasteiger partial charge in [0.25, 0.3) is 0 Å². The average Bonchev–Trinajstić information content (AvgIpc) is 2.61. The second-order valence-electron chi connectivity index (χ2n) is 6.07. The van der Waals surface area contributed by atoms with Gasteiger partial charge >= 0.3 is 0 Å². The van der Waals surface area contributed by atoms with Crippen LogP contribution in [0, 0.1) is 0 Å². The Labute approximate surface area is 162 Å². The van der Waals surface area contributed by atoms with Crippen LogP contribution >= 0.6 is 15.9 Å². The van der Waals surface area contributed by atoms with Crippen molar-refractivity contribution >= 4 is 27.7 Å². The van der Waals surface area contributed by atoms with Crippen LogP contribution in [0.25, 0.3) is 0 Å². The third-order valence-electron chi connectivity index (χ3n) is 4.03. The van der Waals surface area contributed by atoms with Crippen LogP contribution < -0.4 is 10.1 Å². The number of carbonyl (C=O) groups excluding carboxylic acids is 2. The Morgan fingerprint density at radius 2 is 1.88 bits per heavy atom. The van der Waals surface area contributed by atoms with Crippen LogP contribution in [0.1, 0.15) is 30.5 Å². The topological polar surface area (TPSA) is 58.6 Å². The number of halogens is 1. The molecule has 0 aromatic heterocycles. The van der Waals surface area contributed by atoms with Gasteiger partial charge in [0.1, 0.15) is 5.75 Å². The van der Waals surface area contributed by atoms with Gasteiger partial charge in [-0.1, -0.05) is 46.3 Å². The normalized spacial score (nSPS) is 11.5. The number of ether oxygens (including phenoxy) is 1. The maximum absolute atomic E-state index is 12.7. The van der Waals surface area contributed by atoms with Gasteiger partial charge < -0.3 is 15.0 Å². The lowest BCUT2D eigenvalue weighted by Gasteiger charge is -2.23. The molecule has 2 rings (SSSR count). The molecule has 5 nitrogen and oxygen atoms in total. The molecule has 0 aliphatic rings. The fraction of sp³-hybridized carbons (Fsp3) is 0.300. The van der Waals surface area contributed by atoms with Gasteiger partial charge in [-0.15, -0.1) is 0 Å². The highest BCUT2D eigenvalue weighted by Crippen LogP contribution is 2.25. The molecule has 0 spiro atoms. The maximum Gasteiger partial charge on any atom is 0.225 e. The van der Waals surface area contributed by atoms with Crippen molar-refractivity contribution in [3.63, 3.8) is 0 Å². The van der Waals surface area contributed by atoms with Gasteiger partial charge in [0, 0.05) is 30.6 Å². The zero-order chi connectivity index (χ0) is 19.1. The molecule has 0 bridgehead atoms. The Hall–Kier alpha value is -2.34. The van der Waals surface area contributed by atoms with Gasteiger partial charge in [-0.2, -0.15) is 0 Å². The largest absolute Gasteiger partial charge is 0.496 e. The molecular formula is C20H23BrN2O3. The van der Waals surface area contributed by atoms with E-state index in [4.69, 9.17) is 4.74 Å². The van der Waals surface area contributed by atoms with Crippen LogP contribution in [0.2, 0.25) is 0 Å². The fourth-order valence-corrected chi connectivity index (χ4v) is 3.14. The van der Waals surface area contributed by atoms with E-state index in [9.17, 15) is 9.59 Å². The van der Waals surface area contributed by atoms with Crippen LogP contribution in [0.4, 0.5) is 0 Å². The standard InChI is InChI=1S/C20H23BrN2O3/c1-14(24)22-18(15-7-5-4-6-8-15)12-20(25)23(2)13-16-11-17(21)9-10-19(16)26-3/h4-11,18H,12-13H2,1-3H3,(H,22,24). The van der Waals surface area contributed by atoms with Gasteiger partial charge in [0.15, 0.2) is 0 Å². The Balaban J connectivity index is 2.11. The van der Waals surface area contributed by atoms with E-state index in [1.807, 2.05) is 48.5 Å². The Bertz CT molecular complexity index is 765. The number of benzene rings is 2. The highest BCUT2D eigenvalue weighted by molar-refractivity contribution is 9.10. The number of hydrogen-bond acceptors (Lipinski definition) is 3. The lowest BCUT2D eigenvalue weighted by molar-refractivity contribution is -0.131. The molecule has 138 valence electrons. The van der Waals surface area contributed by atoms with Crippen LogP contribution in [-0.2, 0) is 16.1 Å². The molecule has 1 N–H and O–H groups in total. The van der Waals surface area contributed by atoms with Gasteiger partial charge in [0.05, 0.1) is 19.6 Å². The first kappa shape index (κ1) is 20.0. The van der Waals surface area contributed by atoms with E-state index in [0.717, 1.165) is 21.3 Å². The van der Waals surface area contributed by atoms with Crippen LogP contribution in [0.15, 0.2) is 53.0 Å². The third-order valence-corrected chi connectivity index (χ3v) is 4.53. The summed E-state index contributed by atoms with van der Waals surface area (Å²) in [6.45, 7) is 1.87. The van der Waals surface area contributed by atoms with Crippen molar-refractivity contribution in [2.24, 2.45) is 0 Å². The van der Waals surface area contributed by atoms with Crippen molar-refractivity contribution in [1.82, 2.24) is 10.2 Å². The number of carbonyl (C=O) groups is 2. The Morgan fingerprint density at radius 1 is 1.19 bits per heavy atom. The number of nitrogens with zero attached hydrogens (tertiary/aromatic N) is 1. The summed E-state index contributed by atoms with van der Waals surface area (Å²) >= 11 is 3.44. The third kappa shape index (κ3) is 5.59.